The van der Waals surface area contributed by atoms with Crippen LogP contribution in [-0.4, -0.2) is 23.6 Å². The van der Waals surface area contributed by atoms with Gasteiger partial charge in [-0.1, -0.05) is 24.1 Å². The lowest BCUT2D eigenvalue weighted by atomic mass is 10.0. The van der Waals surface area contributed by atoms with Crippen LogP contribution in [0.15, 0.2) is 53.6 Å². The maximum Gasteiger partial charge on any atom is 0.332 e. The molecule has 28 heavy (non-hydrogen) atoms. The second kappa shape index (κ2) is 8.40. The van der Waals surface area contributed by atoms with E-state index in [9.17, 15) is 14.0 Å². The molecular weight excluding hydrogens is 361 g/mol. The Hall–Kier alpha value is -3.59. The van der Waals surface area contributed by atoms with Crippen molar-refractivity contribution in [1.29, 1.82) is 0 Å². The number of amides is 1. The number of nitrogens with one attached hydrogen (secondary N) is 1. The molecule has 2 aromatic carbocycles. The topological polar surface area (TPSA) is 75.6 Å². The number of aliphatic carboxylic acids is 1. The van der Waals surface area contributed by atoms with Crippen LogP contribution in [0.1, 0.15) is 19.3 Å². The summed E-state index contributed by atoms with van der Waals surface area (Å²) in [5.74, 6) is 0.654. The predicted molar refractivity (Wildman–Crippen MR) is 103 cm³/mol. The molecule has 1 aliphatic carbocycles. The molecule has 0 saturated heterocycles. The fourth-order valence-corrected chi connectivity index (χ4v) is 3.11. The maximum absolute atomic E-state index is 14.5. The number of anilines is 1. The van der Waals surface area contributed by atoms with E-state index in [0.29, 0.717) is 30.6 Å². The molecular formula is C22H18FNO4. The van der Waals surface area contributed by atoms with Gasteiger partial charge in [0, 0.05) is 11.1 Å². The van der Waals surface area contributed by atoms with Crippen molar-refractivity contribution in [3.05, 3.63) is 59.4 Å². The molecule has 142 valence electrons. The summed E-state index contributed by atoms with van der Waals surface area (Å²) in [7, 11) is 0. The van der Waals surface area contributed by atoms with Crippen LogP contribution in [0.2, 0.25) is 0 Å². The largest absolute Gasteiger partial charge is 0.481 e. The van der Waals surface area contributed by atoms with E-state index in [0.717, 1.165) is 5.56 Å². The van der Waals surface area contributed by atoms with Crippen LogP contribution in [0.5, 0.6) is 5.75 Å². The fraction of sp³-hybridized carbons (Fsp3) is 0.182. The molecule has 6 heteroatoms. The number of carboxylic acids is 1. The zero-order valence-electron chi connectivity index (χ0n) is 15.0. The Morgan fingerprint density at radius 3 is 2.61 bits per heavy atom. The first kappa shape index (κ1) is 19.2. The van der Waals surface area contributed by atoms with Crippen molar-refractivity contribution in [1.82, 2.24) is 0 Å². The van der Waals surface area contributed by atoms with Gasteiger partial charge in [-0.2, -0.15) is 0 Å². The van der Waals surface area contributed by atoms with Gasteiger partial charge in [-0.3, -0.25) is 4.79 Å². The quantitative estimate of drug-likeness (QED) is 0.744. The van der Waals surface area contributed by atoms with Gasteiger partial charge in [0.15, 0.2) is 0 Å². The number of carboxylic acid groups (broad SMARTS) is 1. The van der Waals surface area contributed by atoms with E-state index in [4.69, 9.17) is 16.3 Å². The SMILES string of the molecule is C#CCOc1cccc(-c2ccc(NC(=O)C3=C(C(=O)O)CCC3)c(F)c2)c1. The Bertz CT molecular complexity index is 1000. The molecule has 5 nitrogen and oxygen atoms in total. The molecule has 0 aromatic heterocycles. The highest BCUT2D eigenvalue weighted by Gasteiger charge is 2.25. The third kappa shape index (κ3) is 4.21. The molecule has 1 aliphatic rings. The number of benzene rings is 2. The standard InChI is InChI=1S/C22H18FNO4/c1-2-11-28-16-6-3-5-14(12-16)15-9-10-20(19(23)13-15)24-21(25)17-7-4-8-18(17)22(26)27/h1,3,5-6,9-10,12-13H,4,7-8,11H2,(H,24,25)(H,26,27). The van der Waals surface area contributed by atoms with Gasteiger partial charge in [0.25, 0.3) is 5.91 Å². The fourth-order valence-electron chi connectivity index (χ4n) is 3.11. The van der Waals surface area contributed by atoms with Gasteiger partial charge in [-0.25, -0.2) is 9.18 Å². The number of carbonyl (C=O) groups is 2. The summed E-state index contributed by atoms with van der Waals surface area (Å²) in [4.78, 5) is 23.5. The Kier molecular flexibility index (Phi) is 5.75. The minimum absolute atomic E-state index is 0.00220. The highest BCUT2D eigenvalue weighted by atomic mass is 19.1. The summed E-state index contributed by atoms with van der Waals surface area (Å²) in [5, 5.41) is 11.6. The first-order chi connectivity index (χ1) is 13.5. The molecule has 0 bridgehead atoms. The minimum atomic E-state index is -1.11. The van der Waals surface area contributed by atoms with Gasteiger partial charge in [0.2, 0.25) is 0 Å². The van der Waals surface area contributed by atoms with Crippen molar-refractivity contribution < 1.29 is 23.8 Å². The molecule has 0 radical (unpaired) electrons. The van der Waals surface area contributed by atoms with Gasteiger partial charge < -0.3 is 15.2 Å². The van der Waals surface area contributed by atoms with Gasteiger partial charge in [0.05, 0.1) is 5.69 Å². The summed E-state index contributed by atoms with van der Waals surface area (Å²) in [5.41, 5.74) is 1.64. The normalized spacial score (nSPS) is 13.1. The van der Waals surface area contributed by atoms with Crippen LogP contribution < -0.4 is 10.1 Å². The number of hydrogen-bond acceptors (Lipinski definition) is 3. The zero-order chi connectivity index (χ0) is 20.1. The number of rotatable bonds is 6. The van der Waals surface area contributed by atoms with Gasteiger partial charge in [-0.15, -0.1) is 6.42 Å². The molecule has 2 N–H and O–H groups in total. The van der Waals surface area contributed by atoms with Crippen molar-refractivity contribution in [2.45, 2.75) is 19.3 Å². The third-order valence-corrected chi connectivity index (χ3v) is 4.46. The third-order valence-electron chi connectivity index (χ3n) is 4.46. The van der Waals surface area contributed by atoms with Gasteiger partial charge in [0.1, 0.15) is 18.2 Å². The predicted octanol–water partition coefficient (Wildman–Crippen LogP) is 4.01. The first-order valence-corrected chi connectivity index (χ1v) is 8.72. The van der Waals surface area contributed by atoms with Crippen molar-refractivity contribution >= 4 is 17.6 Å². The van der Waals surface area contributed by atoms with Crippen LogP contribution in [0.25, 0.3) is 11.1 Å². The van der Waals surface area contributed by atoms with E-state index in [1.165, 1.54) is 12.1 Å². The molecule has 0 unspecified atom stereocenters. The molecule has 1 amide bonds. The van der Waals surface area contributed by atoms with Crippen LogP contribution in [-0.2, 0) is 9.59 Å². The number of hydrogen-bond donors (Lipinski definition) is 2. The second-order valence-corrected chi connectivity index (χ2v) is 6.29. The Labute approximate surface area is 161 Å². The van der Waals surface area contributed by atoms with Crippen LogP contribution >= 0.6 is 0 Å². The van der Waals surface area contributed by atoms with Crippen molar-refractivity contribution in [3.8, 4) is 29.2 Å². The highest BCUT2D eigenvalue weighted by Crippen LogP contribution is 2.30. The smallest absolute Gasteiger partial charge is 0.332 e. The van der Waals surface area contributed by atoms with E-state index >= 15 is 0 Å². The molecule has 0 saturated carbocycles. The van der Waals surface area contributed by atoms with Crippen LogP contribution in [0.4, 0.5) is 10.1 Å². The molecule has 0 fully saturated rings. The summed E-state index contributed by atoms with van der Waals surface area (Å²) in [6, 6.07) is 11.5. The summed E-state index contributed by atoms with van der Waals surface area (Å²) < 4.78 is 19.9. The van der Waals surface area contributed by atoms with Gasteiger partial charge >= 0.3 is 5.97 Å². The minimum Gasteiger partial charge on any atom is -0.481 e. The van der Waals surface area contributed by atoms with E-state index in [1.807, 2.05) is 0 Å². The Morgan fingerprint density at radius 1 is 1.14 bits per heavy atom. The highest BCUT2D eigenvalue weighted by molar-refractivity contribution is 6.09. The lowest BCUT2D eigenvalue weighted by Gasteiger charge is -2.10. The molecule has 0 aliphatic heterocycles. The average molecular weight is 379 g/mol. The second-order valence-electron chi connectivity index (χ2n) is 6.29. The number of ether oxygens (including phenoxy) is 1. The average Bonchev–Trinajstić information content (AvgIpc) is 3.18. The van der Waals surface area contributed by atoms with Crippen molar-refractivity contribution in [2.75, 3.05) is 11.9 Å². The maximum atomic E-state index is 14.5. The van der Waals surface area contributed by atoms with Crippen molar-refractivity contribution in [3.63, 3.8) is 0 Å². The number of halogens is 1. The van der Waals surface area contributed by atoms with Crippen LogP contribution in [0.3, 0.4) is 0 Å². The lowest BCUT2D eigenvalue weighted by molar-refractivity contribution is -0.133. The van der Waals surface area contributed by atoms with E-state index in [-0.39, 0.29) is 23.4 Å². The summed E-state index contributed by atoms with van der Waals surface area (Å²) in [6.45, 7) is 0.136. The van der Waals surface area contributed by atoms with E-state index < -0.39 is 17.7 Å². The molecule has 0 atom stereocenters. The molecule has 2 aromatic rings. The first-order valence-electron chi connectivity index (χ1n) is 8.72. The summed E-state index contributed by atoms with van der Waals surface area (Å²) >= 11 is 0. The monoisotopic (exact) mass is 379 g/mol. The van der Waals surface area contributed by atoms with Crippen LogP contribution in [0, 0.1) is 18.2 Å². The summed E-state index contributed by atoms with van der Waals surface area (Å²) in [6.07, 6.45) is 6.50. The van der Waals surface area contributed by atoms with Gasteiger partial charge in [-0.05, 0) is 54.7 Å². The van der Waals surface area contributed by atoms with Crippen molar-refractivity contribution in [2.24, 2.45) is 0 Å². The number of terminal acetylenes is 1. The zero-order valence-corrected chi connectivity index (χ0v) is 15.0. The lowest BCUT2D eigenvalue weighted by Crippen LogP contribution is -2.17. The molecule has 3 rings (SSSR count). The molecule has 0 spiro atoms. The Morgan fingerprint density at radius 2 is 1.89 bits per heavy atom. The van der Waals surface area contributed by atoms with E-state index in [1.54, 1.807) is 30.3 Å². The van der Waals surface area contributed by atoms with E-state index in [2.05, 4.69) is 11.2 Å². The number of carbonyl (C=O) groups excluding carboxylic acids is 1. The Balaban J connectivity index is 1.80. The molecule has 0 heterocycles.